The maximum atomic E-state index is 13.0. The lowest BCUT2D eigenvalue weighted by atomic mass is 10.1. The van der Waals surface area contributed by atoms with Gasteiger partial charge in [0, 0.05) is 5.88 Å². The topological polar surface area (TPSA) is 23.8 Å². The SMILES string of the molecule is N#Cc1c(F)cccc1C=CCCl. The predicted molar refractivity (Wildman–Crippen MR) is 50.9 cm³/mol. The second-order valence-electron chi connectivity index (χ2n) is 2.37. The molecule has 1 aromatic rings. The first-order chi connectivity index (χ1) is 6.29. The molecule has 1 rings (SSSR count). The first-order valence-corrected chi connectivity index (χ1v) is 4.24. The van der Waals surface area contributed by atoms with Crippen LogP contribution in [0.5, 0.6) is 0 Å². The Morgan fingerprint density at radius 3 is 2.92 bits per heavy atom. The maximum absolute atomic E-state index is 13.0. The number of halogens is 2. The fraction of sp³-hybridized carbons (Fsp3) is 0.100. The van der Waals surface area contributed by atoms with Crippen molar-refractivity contribution in [1.82, 2.24) is 0 Å². The predicted octanol–water partition coefficient (Wildman–Crippen LogP) is 2.95. The van der Waals surface area contributed by atoms with Crippen molar-refractivity contribution in [2.24, 2.45) is 0 Å². The van der Waals surface area contributed by atoms with E-state index in [0.29, 0.717) is 11.4 Å². The van der Waals surface area contributed by atoms with Crippen LogP contribution in [0.1, 0.15) is 11.1 Å². The van der Waals surface area contributed by atoms with E-state index in [1.165, 1.54) is 6.07 Å². The van der Waals surface area contributed by atoms with Crippen molar-refractivity contribution in [3.05, 3.63) is 41.2 Å². The molecule has 0 fully saturated rings. The van der Waals surface area contributed by atoms with Gasteiger partial charge in [0.25, 0.3) is 0 Å². The molecule has 0 heterocycles. The lowest BCUT2D eigenvalue weighted by Gasteiger charge is -1.97. The van der Waals surface area contributed by atoms with Crippen LogP contribution < -0.4 is 0 Å². The Bertz CT molecular complexity index is 366. The van der Waals surface area contributed by atoms with Gasteiger partial charge in [0.2, 0.25) is 0 Å². The van der Waals surface area contributed by atoms with Gasteiger partial charge in [-0.2, -0.15) is 5.26 Å². The minimum absolute atomic E-state index is 0.0591. The van der Waals surface area contributed by atoms with Crippen LogP contribution in [0.25, 0.3) is 6.08 Å². The largest absolute Gasteiger partial charge is 0.206 e. The Labute approximate surface area is 81.1 Å². The number of nitriles is 1. The Kier molecular flexibility index (Phi) is 3.48. The van der Waals surface area contributed by atoms with Crippen LogP contribution in [-0.2, 0) is 0 Å². The summed E-state index contributed by atoms with van der Waals surface area (Å²) in [5.41, 5.74) is 0.618. The summed E-state index contributed by atoms with van der Waals surface area (Å²) in [4.78, 5) is 0. The second-order valence-corrected chi connectivity index (χ2v) is 2.68. The van der Waals surface area contributed by atoms with Crippen LogP contribution in [0.3, 0.4) is 0 Å². The molecule has 0 radical (unpaired) electrons. The van der Waals surface area contributed by atoms with Crippen molar-refractivity contribution in [3.63, 3.8) is 0 Å². The van der Waals surface area contributed by atoms with Crippen molar-refractivity contribution >= 4 is 17.7 Å². The van der Waals surface area contributed by atoms with E-state index in [9.17, 15) is 4.39 Å². The number of alkyl halides is 1. The van der Waals surface area contributed by atoms with Crippen molar-refractivity contribution < 1.29 is 4.39 Å². The van der Waals surface area contributed by atoms with E-state index in [4.69, 9.17) is 16.9 Å². The number of allylic oxidation sites excluding steroid dienone is 1. The Hall–Kier alpha value is -1.33. The smallest absolute Gasteiger partial charge is 0.141 e. The fourth-order valence-corrected chi connectivity index (χ4v) is 1.06. The molecular formula is C10H7ClFN. The lowest BCUT2D eigenvalue weighted by Crippen LogP contribution is -1.87. The van der Waals surface area contributed by atoms with Crippen molar-refractivity contribution in [3.8, 4) is 6.07 Å². The van der Waals surface area contributed by atoms with Gasteiger partial charge in [0.05, 0.1) is 5.56 Å². The lowest BCUT2D eigenvalue weighted by molar-refractivity contribution is 0.623. The van der Waals surface area contributed by atoms with Gasteiger partial charge in [-0.25, -0.2) is 4.39 Å². The van der Waals surface area contributed by atoms with E-state index < -0.39 is 5.82 Å². The minimum Gasteiger partial charge on any atom is -0.206 e. The highest BCUT2D eigenvalue weighted by atomic mass is 35.5. The Balaban J connectivity index is 3.15. The standard InChI is InChI=1S/C10H7ClFN/c11-6-2-4-8-3-1-5-10(12)9(8)7-13/h1-5H,6H2. The molecule has 0 saturated carbocycles. The molecule has 0 atom stereocenters. The van der Waals surface area contributed by atoms with Crippen LogP contribution in [-0.4, -0.2) is 5.88 Å². The van der Waals surface area contributed by atoms with Crippen LogP contribution in [0.4, 0.5) is 4.39 Å². The molecule has 0 aliphatic carbocycles. The third-order valence-corrected chi connectivity index (χ3v) is 1.72. The molecule has 0 saturated heterocycles. The van der Waals surface area contributed by atoms with E-state index in [1.807, 2.05) is 0 Å². The molecule has 0 spiro atoms. The molecular weight excluding hydrogens is 189 g/mol. The van der Waals surface area contributed by atoms with Gasteiger partial charge in [0.15, 0.2) is 0 Å². The number of rotatable bonds is 2. The first kappa shape index (κ1) is 9.76. The normalized spacial score (nSPS) is 10.2. The molecule has 3 heteroatoms. The highest BCUT2D eigenvalue weighted by Gasteiger charge is 2.03. The maximum Gasteiger partial charge on any atom is 0.141 e. The summed E-state index contributed by atoms with van der Waals surface area (Å²) in [5.74, 6) is -0.152. The summed E-state index contributed by atoms with van der Waals surface area (Å²) in [5, 5.41) is 8.64. The van der Waals surface area contributed by atoms with Crippen LogP contribution in [0.15, 0.2) is 24.3 Å². The van der Waals surface area contributed by atoms with Gasteiger partial charge in [-0.3, -0.25) is 0 Å². The van der Waals surface area contributed by atoms with E-state index in [0.717, 1.165) is 0 Å². The molecule has 0 aromatic heterocycles. The second kappa shape index (κ2) is 4.64. The third-order valence-electron chi connectivity index (χ3n) is 1.54. The number of hydrogen-bond acceptors (Lipinski definition) is 1. The summed E-state index contributed by atoms with van der Waals surface area (Å²) in [6.45, 7) is 0. The van der Waals surface area contributed by atoms with Gasteiger partial charge in [-0.1, -0.05) is 24.3 Å². The zero-order chi connectivity index (χ0) is 9.68. The molecule has 1 aromatic carbocycles. The van der Waals surface area contributed by atoms with E-state index in [2.05, 4.69) is 0 Å². The monoisotopic (exact) mass is 195 g/mol. The van der Waals surface area contributed by atoms with Crippen LogP contribution >= 0.6 is 11.6 Å². The van der Waals surface area contributed by atoms with Crippen LogP contribution in [0, 0.1) is 17.1 Å². The average Bonchev–Trinajstić information content (AvgIpc) is 2.15. The quantitative estimate of drug-likeness (QED) is 0.666. The zero-order valence-corrected chi connectivity index (χ0v) is 7.55. The molecule has 0 unspecified atom stereocenters. The number of nitrogens with zero attached hydrogens (tertiary/aromatic N) is 1. The molecule has 66 valence electrons. The van der Waals surface area contributed by atoms with Gasteiger partial charge in [-0.05, 0) is 11.6 Å². The molecule has 0 bridgehead atoms. The number of hydrogen-bond donors (Lipinski definition) is 0. The van der Waals surface area contributed by atoms with Crippen molar-refractivity contribution in [2.75, 3.05) is 5.88 Å². The van der Waals surface area contributed by atoms with Gasteiger partial charge < -0.3 is 0 Å². The fourth-order valence-electron chi connectivity index (χ4n) is 0.969. The van der Waals surface area contributed by atoms with E-state index in [1.54, 1.807) is 30.4 Å². The Morgan fingerprint density at radius 2 is 2.31 bits per heavy atom. The van der Waals surface area contributed by atoms with Crippen LogP contribution in [0.2, 0.25) is 0 Å². The average molecular weight is 196 g/mol. The summed E-state index contributed by atoms with van der Waals surface area (Å²) < 4.78 is 13.0. The summed E-state index contributed by atoms with van der Waals surface area (Å²) in [6.07, 6.45) is 3.30. The highest BCUT2D eigenvalue weighted by molar-refractivity contribution is 6.19. The van der Waals surface area contributed by atoms with E-state index in [-0.39, 0.29) is 5.56 Å². The zero-order valence-electron chi connectivity index (χ0n) is 6.80. The summed E-state index contributed by atoms with van der Waals surface area (Å²) in [7, 11) is 0. The number of benzene rings is 1. The van der Waals surface area contributed by atoms with Gasteiger partial charge in [0.1, 0.15) is 11.9 Å². The molecule has 0 amide bonds. The Morgan fingerprint density at radius 1 is 1.54 bits per heavy atom. The molecule has 13 heavy (non-hydrogen) atoms. The molecule has 0 aliphatic heterocycles. The molecule has 1 nitrogen and oxygen atoms in total. The first-order valence-electron chi connectivity index (χ1n) is 3.70. The third kappa shape index (κ3) is 2.30. The van der Waals surface area contributed by atoms with Crippen molar-refractivity contribution in [2.45, 2.75) is 0 Å². The highest BCUT2D eigenvalue weighted by Crippen LogP contribution is 2.13. The molecule has 0 aliphatic rings. The summed E-state index contributed by atoms with van der Waals surface area (Å²) >= 11 is 5.42. The summed E-state index contributed by atoms with van der Waals surface area (Å²) in [6, 6.07) is 6.29. The van der Waals surface area contributed by atoms with E-state index >= 15 is 0 Å². The van der Waals surface area contributed by atoms with Gasteiger partial charge >= 0.3 is 0 Å². The minimum atomic E-state index is -0.501. The van der Waals surface area contributed by atoms with Gasteiger partial charge in [-0.15, -0.1) is 11.6 Å². The van der Waals surface area contributed by atoms with Crippen molar-refractivity contribution in [1.29, 1.82) is 5.26 Å². The molecule has 0 N–H and O–H groups in total.